The first-order chi connectivity index (χ1) is 12.0. The molecule has 3 rings (SSSR count). The molecule has 1 amide bonds. The normalized spacial score (nSPS) is 10.6. The van der Waals surface area contributed by atoms with Gasteiger partial charge in [-0.3, -0.25) is 4.79 Å². The fourth-order valence-corrected chi connectivity index (χ4v) is 2.43. The van der Waals surface area contributed by atoms with E-state index in [0.29, 0.717) is 17.3 Å². The number of carboxylic acids is 1. The number of amides is 1. The summed E-state index contributed by atoms with van der Waals surface area (Å²) < 4.78 is 6.67. The van der Waals surface area contributed by atoms with Gasteiger partial charge in [0.1, 0.15) is 6.26 Å². The summed E-state index contributed by atoms with van der Waals surface area (Å²) in [7, 11) is 1.64. The summed E-state index contributed by atoms with van der Waals surface area (Å²) in [6, 6.07) is 6.64. The molecule has 0 fully saturated rings. The number of carbonyl (C=O) groups excluding carboxylic acids is 1. The summed E-state index contributed by atoms with van der Waals surface area (Å²) >= 11 is 0. The number of benzene rings is 1. The highest BCUT2D eigenvalue weighted by Crippen LogP contribution is 2.16. The van der Waals surface area contributed by atoms with Gasteiger partial charge in [-0.05, 0) is 12.1 Å². The first-order valence-electron chi connectivity index (χ1n) is 7.49. The van der Waals surface area contributed by atoms with Crippen molar-refractivity contribution < 1.29 is 19.1 Å². The summed E-state index contributed by atoms with van der Waals surface area (Å²) in [5, 5.41) is 9.28. The summed E-state index contributed by atoms with van der Waals surface area (Å²) in [4.78, 5) is 33.3. The highest BCUT2D eigenvalue weighted by molar-refractivity contribution is 5.92. The molecule has 1 N–H and O–H groups in total. The number of aromatic nitrogens is 3. The molecule has 0 saturated heterocycles. The van der Waals surface area contributed by atoms with Crippen LogP contribution in [0.1, 0.15) is 32.4 Å². The van der Waals surface area contributed by atoms with Crippen LogP contribution < -0.4 is 0 Å². The lowest BCUT2D eigenvalue weighted by Crippen LogP contribution is -2.26. The van der Waals surface area contributed by atoms with Crippen LogP contribution in [-0.4, -0.2) is 43.5 Å². The van der Waals surface area contributed by atoms with E-state index in [1.54, 1.807) is 42.9 Å². The van der Waals surface area contributed by atoms with Crippen molar-refractivity contribution in [3.63, 3.8) is 0 Å². The predicted octanol–water partition coefficient (Wildman–Crippen LogP) is 2.14. The Balaban J connectivity index is 1.78. The van der Waals surface area contributed by atoms with Gasteiger partial charge in [0.15, 0.2) is 11.6 Å². The molecule has 0 unspecified atom stereocenters. The van der Waals surface area contributed by atoms with E-state index in [-0.39, 0.29) is 23.7 Å². The van der Waals surface area contributed by atoms with Crippen LogP contribution in [0.3, 0.4) is 0 Å². The van der Waals surface area contributed by atoms with Crippen LogP contribution in [0.5, 0.6) is 0 Å². The third kappa shape index (κ3) is 3.42. The van der Waals surface area contributed by atoms with E-state index in [2.05, 4.69) is 9.97 Å². The van der Waals surface area contributed by atoms with Gasteiger partial charge in [0.25, 0.3) is 5.91 Å². The van der Waals surface area contributed by atoms with Crippen molar-refractivity contribution in [1.82, 2.24) is 19.4 Å². The highest BCUT2D eigenvalue weighted by atomic mass is 16.4. The Morgan fingerprint density at radius 3 is 2.76 bits per heavy atom. The fourth-order valence-electron chi connectivity index (χ4n) is 2.43. The van der Waals surface area contributed by atoms with E-state index in [0.717, 1.165) is 0 Å². The van der Waals surface area contributed by atoms with Crippen LogP contribution in [-0.2, 0) is 6.54 Å². The molecular formula is C17H16N4O4. The lowest BCUT2D eigenvalue weighted by molar-refractivity contribution is 0.0696. The molecule has 8 nitrogen and oxygen atoms in total. The lowest BCUT2D eigenvalue weighted by atomic mass is 10.2. The molecule has 0 spiro atoms. The minimum absolute atomic E-state index is 0.175. The number of imidazole rings is 1. The predicted molar refractivity (Wildman–Crippen MR) is 87.6 cm³/mol. The van der Waals surface area contributed by atoms with Gasteiger partial charge in [-0.2, -0.15) is 0 Å². The molecule has 0 aliphatic heterocycles. The molecule has 128 valence electrons. The van der Waals surface area contributed by atoms with Gasteiger partial charge in [0.05, 0.1) is 29.8 Å². The van der Waals surface area contributed by atoms with E-state index in [9.17, 15) is 14.7 Å². The van der Waals surface area contributed by atoms with Gasteiger partial charge in [-0.15, -0.1) is 0 Å². The number of aromatic carboxylic acids is 1. The number of hydrogen-bond donors (Lipinski definition) is 1. The van der Waals surface area contributed by atoms with Crippen molar-refractivity contribution in [2.75, 3.05) is 7.05 Å². The molecule has 2 aromatic heterocycles. The van der Waals surface area contributed by atoms with Crippen LogP contribution in [0, 0.1) is 6.92 Å². The topological polar surface area (TPSA) is 101 Å². The second kappa shape index (κ2) is 6.60. The van der Waals surface area contributed by atoms with Gasteiger partial charge < -0.3 is 19.0 Å². The third-order valence-corrected chi connectivity index (χ3v) is 3.63. The Bertz CT molecular complexity index is 928. The maximum Gasteiger partial charge on any atom is 0.337 e. The molecule has 25 heavy (non-hydrogen) atoms. The Hall–Kier alpha value is -3.42. The van der Waals surface area contributed by atoms with Crippen molar-refractivity contribution in [3.05, 3.63) is 65.9 Å². The van der Waals surface area contributed by atoms with Crippen LogP contribution in [0.2, 0.25) is 0 Å². The van der Waals surface area contributed by atoms with Gasteiger partial charge in [0.2, 0.25) is 0 Å². The van der Waals surface area contributed by atoms with Crippen LogP contribution in [0.25, 0.3) is 5.69 Å². The number of para-hydroxylation sites is 1. The van der Waals surface area contributed by atoms with Crippen LogP contribution >= 0.6 is 0 Å². The zero-order chi connectivity index (χ0) is 18.0. The molecule has 3 aromatic rings. The standard InChI is InChI=1S/C17H16N4O4/c1-11-19-14(9-25-11)16(22)20(2)7-12-8-21(10-18-12)15-6-4-3-5-13(15)17(23)24/h3-6,8-10H,7H2,1-2H3,(H,23,24). The Morgan fingerprint density at radius 1 is 1.32 bits per heavy atom. The van der Waals surface area contributed by atoms with Crippen LogP contribution in [0.4, 0.5) is 0 Å². The molecule has 0 aliphatic carbocycles. The fraction of sp³-hybridized carbons (Fsp3) is 0.176. The molecule has 0 bridgehead atoms. The Kier molecular flexibility index (Phi) is 4.34. The van der Waals surface area contributed by atoms with E-state index < -0.39 is 5.97 Å². The molecular weight excluding hydrogens is 324 g/mol. The van der Waals surface area contributed by atoms with E-state index >= 15 is 0 Å². The molecule has 0 radical (unpaired) electrons. The zero-order valence-electron chi connectivity index (χ0n) is 13.7. The van der Waals surface area contributed by atoms with Gasteiger partial charge in [0, 0.05) is 20.2 Å². The van der Waals surface area contributed by atoms with E-state index in [4.69, 9.17) is 4.42 Å². The molecule has 0 atom stereocenters. The average molecular weight is 340 g/mol. The third-order valence-electron chi connectivity index (χ3n) is 3.63. The maximum absolute atomic E-state index is 12.3. The number of aryl methyl sites for hydroxylation is 1. The lowest BCUT2D eigenvalue weighted by Gasteiger charge is -2.13. The highest BCUT2D eigenvalue weighted by Gasteiger charge is 2.17. The number of hydrogen-bond acceptors (Lipinski definition) is 5. The molecule has 1 aromatic carbocycles. The number of carboxylic acid groups (broad SMARTS) is 1. The number of oxazole rings is 1. The number of carbonyl (C=O) groups is 2. The minimum Gasteiger partial charge on any atom is -0.478 e. The van der Waals surface area contributed by atoms with E-state index in [1.165, 1.54) is 23.6 Å². The average Bonchev–Trinajstić information content (AvgIpc) is 3.23. The largest absolute Gasteiger partial charge is 0.478 e. The van der Waals surface area contributed by atoms with Crippen molar-refractivity contribution >= 4 is 11.9 Å². The SMILES string of the molecule is Cc1nc(C(=O)N(C)Cc2cn(-c3ccccc3C(=O)O)cn2)co1. The van der Waals surface area contributed by atoms with Crippen LogP contribution in [0.15, 0.2) is 47.5 Å². The van der Waals surface area contributed by atoms with E-state index in [1.807, 2.05) is 0 Å². The van der Waals surface area contributed by atoms with Gasteiger partial charge in [-0.1, -0.05) is 12.1 Å². The Morgan fingerprint density at radius 2 is 2.08 bits per heavy atom. The quantitative estimate of drug-likeness (QED) is 0.763. The smallest absolute Gasteiger partial charge is 0.337 e. The van der Waals surface area contributed by atoms with Gasteiger partial charge in [-0.25, -0.2) is 14.8 Å². The number of rotatable bonds is 5. The Labute approximate surface area is 143 Å². The molecule has 8 heteroatoms. The molecule has 2 heterocycles. The van der Waals surface area contributed by atoms with Crippen molar-refractivity contribution in [3.8, 4) is 5.69 Å². The summed E-state index contributed by atoms with van der Waals surface area (Å²) in [6.45, 7) is 1.92. The van der Waals surface area contributed by atoms with Crippen molar-refractivity contribution in [2.45, 2.75) is 13.5 Å². The van der Waals surface area contributed by atoms with Crippen molar-refractivity contribution in [2.24, 2.45) is 0 Å². The first-order valence-corrected chi connectivity index (χ1v) is 7.49. The van der Waals surface area contributed by atoms with Gasteiger partial charge >= 0.3 is 5.97 Å². The molecule has 0 aliphatic rings. The first kappa shape index (κ1) is 16.4. The van der Waals surface area contributed by atoms with Crippen molar-refractivity contribution in [1.29, 1.82) is 0 Å². The molecule has 0 saturated carbocycles. The zero-order valence-corrected chi connectivity index (χ0v) is 13.7. The number of nitrogens with zero attached hydrogens (tertiary/aromatic N) is 4. The second-order valence-corrected chi connectivity index (χ2v) is 5.51. The summed E-state index contributed by atoms with van der Waals surface area (Å²) in [5.74, 6) is -0.872. The second-order valence-electron chi connectivity index (χ2n) is 5.51. The minimum atomic E-state index is -1.01. The summed E-state index contributed by atoms with van der Waals surface area (Å²) in [6.07, 6.45) is 4.53. The summed E-state index contributed by atoms with van der Waals surface area (Å²) in [5.41, 5.74) is 1.54. The maximum atomic E-state index is 12.3. The monoisotopic (exact) mass is 340 g/mol.